The van der Waals surface area contributed by atoms with Crippen LogP contribution in [0.3, 0.4) is 0 Å². The Hall–Kier alpha value is -1.66. The van der Waals surface area contributed by atoms with Crippen LogP contribution in [0.25, 0.3) is 0 Å². The molecule has 0 aromatic heterocycles. The fourth-order valence-electron chi connectivity index (χ4n) is 12.2. The smallest absolute Gasteiger partial charge is 0.305 e. The molecule has 0 bridgehead atoms. The third-order valence-electron chi connectivity index (χ3n) is 18.0. The molecule has 0 aromatic rings. The number of amides is 1. The Bertz CT molecular complexity index is 1300. The molecule has 0 radical (unpaired) electrons. The van der Waals surface area contributed by atoms with Gasteiger partial charge in [-0.2, -0.15) is 0 Å². The van der Waals surface area contributed by atoms with E-state index in [1.54, 1.807) is 0 Å². The number of rotatable bonds is 72. The molecular weight excluding hydrogens is 1020 g/mol. The van der Waals surface area contributed by atoms with Crippen LogP contribution in [0.4, 0.5) is 0 Å². The zero-order valence-electron chi connectivity index (χ0n) is 56.5. The minimum atomic E-state index is -0.661. The zero-order chi connectivity index (χ0) is 59.9. The molecule has 2 unspecified atom stereocenters. The fourth-order valence-corrected chi connectivity index (χ4v) is 12.2. The largest absolute Gasteiger partial charge is 0.466 e. The third-order valence-corrected chi connectivity index (χ3v) is 18.0. The zero-order valence-corrected chi connectivity index (χ0v) is 56.5. The van der Waals surface area contributed by atoms with E-state index in [9.17, 15) is 19.8 Å². The van der Waals surface area contributed by atoms with Crippen LogP contribution in [-0.2, 0) is 14.3 Å². The second-order valence-corrected chi connectivity index (χ2v) is 26.3. The van der Waals surface area contributed by atoms with Crippen LogP contribution >= 0.6 is 0 Å². The lowest BCUT2D eigenvalue weighted by Gasteiger charge is -2.22. The van der Waals surface area contributed by atoms with Crippen molar-refractivity contribution in [2.45, 2.75) is 443 Å². The van der Waals surface area contributed by atoms with Crippen LogP contribution in [0.2, 0.25) is 0 Å². The lowest BCUT2D eigenvalue weighted by atomic mass is 10.0. The maximum absolute atomic E-state index is 12.5. The van der Waals surface area contributed by atoms with Crippen molar-refractivity contribution in [2.75, 3.05) is 13.2 Å². The summed E-state index contributed by atoms with van der Waals surface area (Å²) in [6.45, 7) is 4.97. The molecule has 0 aliphatic rings. The SMILES string of the molecule is CCCCC/C=C\C/C=C\CCCCCCCCCCCC(=O)OCCCCCCCCCCCCCCCCCCCCCCCCCCCCCCCCCC(=O)NC(CO)C(O)CCCCCCCCCCCCCCCCCC. The van der Waals surface area contributed by atoms with E-state index in [1.807, 2.05) is 0 Å². The number of allylic oxidation sites excluding steroid dienone is 4. The van der Waals surface area contributed by atoms with Gasteiger partial charge >= 0.3 is 5.97 Å². The Morgan fingerprint density at radius 1 is 0.337 bits per heavy atom. The van der Waals surface area contributed by atoms with Crippen LogP contribution in [-0.4, -0.2) is 47.4 Å². The molecule has 0 aromatic carbocycles. The molecule has 0 aliphatic carbocycles. The highest BCUT2D eigenvalue weighted by Gasteiger charge is 2.20. The molecular formula is C77H149NO5. The molecule has 0 saturated heterocycles. The number of esters is 1. The summed E-state index contributed by atoms with van der Waals surface area (Å²) < 4.78 is 5.51. The second-order valence-electron chi connectivity index (χ2n) is 26.3. The summed E-state index contributed by atoms with van der Waals surface area (Å²) >= 11 is 0. The number of nitrogens with one attached hydrogen (secondary N) is 1. The van der Waals surface area contributed by atoms with Gasteiger partial charge in [-0.05, 0) is 57.8 Å². The first-order valence-corrected chi connectivity index (χ1v) is 38.1. The average molecular weight is 1170 g/mol. The minimum absolute atomic E-state index is 0.0178. The molecule has 6 heteroatoms. The van der Waals surface area contributed by atoms with Crippen LogP contribution in [0.5, 0.6) is 0 Å². The van der Waals surface area contributed by atoms with E-state index in [-0.39, 0.29) is 18.5 Å². The van der Waals surface area contributed by atoms with Gasteiger partial charge in [-0.15, -0.1) is 0 Å². The van der Waals surface area contributed by atoms with Gasteiger partial charge in [0.05, 0.1) is 25.4 Å². The normalized spacial score (nSPS) is 12.6. The van der Waals surface area contributed by atoms with Gasteiger partial charge in [0.15, 0.2) is 0 Å². The van der Waals surface area contributed by atoms with Gasteiger partial charge in [0.1, 0.15) is 0 Å². The maximum atomic E-state index is 12.5. The number of carbonyl (C=O) groups is 2. The summed E-state index contributed by atoms with van der Waals surface area (Å²) in [5.41, 5.74) is 0. The highest BCUT2D eigenvalue weighted by atomic mass is 16.5. The first kappa shape index (κ1) is 81.3. The van der Waals surface area contributed by atoms with E-state index in [4.69, 9.17) is 4.74 Å². The highest BCUT2D eigenvalue weighted by molar-refractivity contribution is 5.76. The summed E-state index contributed by atoms with van der Waals surface area (Å²) in [7, 11) is 0. The Labute approximate surface area is 520 Å². The summed E-state index contributed by atoms with van der Waals surface area (Å²) in [5, 5.41) is 23.4. The van der Waals surface area contributed by atoms with Gasteiger partial charge < -0.3 is 20.3 Å². The van der Waals surface area contributed by atoms with Gasteiger partial charge in [0.25, 0.3) is 0 Å². The minimum Gasteiger partial charge on any atom is -0.466 e. The standard InChI is InChI=1S/C77H149NO5/c1-3-5-7-9-11-13-15-17-19-21-35-39-43-47-51-55-59-63-67-71-77(82)83-72-68-64-60-56-52-48-44-40-37-34-32-30-28-26-24-22-23-25-27-29-31-33-36-38-42-46-50-54-58-62-66-70-76(81)78-74(73-79)75(80)69-65-61-57-53-49-45-41-20-18-16-14-12-10-8-6-4-2/h11,13,17,19,74-75,79-80H,3-10,12,14-16,18,20-73H2,1-2H3,(H,78,81)/b13-11-,19-17-. The van der Waals surface area contributed by atoms with Gasteiger partial charge in [-0.25, -0.2) is 0 Å². The van der Waals surface area contributed by atoms with Gasteiger partial charge in [-0.3, -0.25) is 9.59 Å². The monoisotopic (exact) mass is 1170 g/mol. The fraction of sp³-hybridized carbons (Fsp3) is 0.922. The van der Waals surface area contributed by atoms with Crippen molar-refractivity contribution in [3.63, 3.8) is 0 Å². The molecule has 0 rings (SSSR count). The molecule has 0 heterocycles. The van der Waals surface area contributed by atoms with E-state index in [0.717, 1.165) is 51.4 Å². The summed E-state index contributed by atoms with van der Waals surface area (Å²) in [5.74, 6) is -0.00916. The lowest BCUT2D eigenvalue weighted by molar-refractivity contribution is -0.143. The van der Waals surface area contributed by atoms with Crippen molar-refractivity contribution in [1.29, 1.82) is 0 Å². The van der Waals surface area contributed by atoms with Gasteiger partial charge in [-0.1, -0.05) is 385 Å². The predicted octanol–water partition coefficient (Wildman–Crippen LogP) is 24.9. The highest BCUT2D eigenvalue weighted by Crippen LogP contribution is 2.20. The Morgan fingerprint density at radius 2 is 0.602 bits per heavy atom. The van der Waals surface area contributed by atoms with Crippen LogP contribution < -0.4 is 5.32 Å². The van der Waals surface area contributed by atoms with Crippen molar-refractivity contribution >= 4 is 11.9 Å². The Morgan fingerprint density at radius 3 is 0.940 bits per heavy atom. The number of ether oxygens (including phenoxy) is 1. The lowest BCUT2D eigenvalue weighted by Crippen LogP contribution is -2.45. The Balaban J connectivity index is 3.31. The van der Waals surface area contributed by atoms with Crippen molar-refractivity contribution < 1.29 is 24.5 Å². The van der Waals surface area contributed by atoms with Gasteiger partial charge in [0, 0.05) is 12.8 Å². The quantitative estimate of drug-likeness (QED) is 0.0320. The average Bonchev–Trinajstić information content (AvgIpc) is 3.49. The molecule has 0 fully saturated rings. The van der Waals surface area contributed by atoms with Crippen molar-refractivity contribution in [3.8, 4) is 0 Å². The summed E-state index contributed by atoms with van der Waals surface area (Å²) in [4.78, 5) is 24.6. The molecule has 0 aliphatic heterocycles. The Kier molecular flexibility index (Phi) is 71.4. The molecule has 2 atom stereocenters. The van der Waals surface area contributed by atoms with Crippen molar-refractivity contribution in [3.05, 3.63) is 24.3 Å². The van der Waals surface area contributed by atoms with E-state index >= 15 is 0 Å². The van der Waals surface area contributed by atoms with Gasteiger partial charge in [0.2, 0.25) is 5.91 Å². The molecule has 83 heavy (non-hydrogen) atoms. The molecule has 3 N–H and O–H groups in total. The van der Waals surface area contributed by atoms with Crippen molar-refractivity contribution in [2.24, 2.45) is 0 Å². The summed E-state index contributed by atoms with van der Waals surface area (Å²) in [6, 6.07) is -0.538. The molecule has 1 amide bonds. The van der Waals surface area contributed by atoms with Crippen LogP contribution in [0.15, 0.2) is 24.3 Å². The van der Waals surface area contributed by atoms with Crippen molar-refractivity contribution in [1.82, 2.24) is 5.32 Å². The van der Waals surface area contributed by atoms with Crippen LogP contribution in [0.1, 0.15) is 431 Å². The van der Waals surface area contributed by atoms with E-state index in [0.29, 0.717) is 25.9 Å². The molecule has 0 saturated carbocycles. The summed E-state index contributed by atoms with van der Waals surface area (Å²) in [6.07, 6.45) is 92.5. The first-order valence-electron chi connectivity index (χ1n) is 38.1. The predicted molar refractivity (Wildman–Crippen MR) is 366 cm³/mol. The van der Waals surface area contributed by atoms with E-state index < -0.39 is 12.1 Å². The molecule has 492 valence electrons. The topological polar surface area (TPSA) is 95.9 Å². The number of hydrogen-bond acceptors (Lipinski definition) is 5. The third kappa shape index (κ3) is 69.3. The number of aliphatic hydroxyl groups is 2. The van der Waals surface area contributed by atoms with Crippen LogP contribution in [0, 0.1) is 0 Å². The van der Waals surface area contributed by atoms with E-state index in [2.05, 4.69) is 43.5 Å². The second kappa shape index (κ2) is 72.8. The maximum Gasteiger partial charge on any atom is 0.305 e. The first-order chi connectivity index (χ1) is 41.0. The number of aliphatic hydroxyl groups excluding tert-OH is 2. The number of carbonyl (C=O) groups excluding carboxylic acids is 2. The van der Waals surface area contributed by atoms with E-state index in [1.165, 1.54) is 347 Å². The molecule has 0 spiro atoms. The number of hydrogen-bond donors (Lipinski definition) is 3. The molecule has 6 nitrogen and oxygen atoms in total. The number of unbranched alkanes of at least 4 members (excludes halogenated alkanes) is 57.